The number of amides is 1. The zero-order valence-corrected chi connectivity index (χ0v) is 21.0. The first-order valence-corrected chi connectivity index (χ1v) is 14.0. The molecule has 0 bridgehead atoms. The van der Waals surface area contributed by atoms with E-state index in [0.29, 0.717) is 51.5 Å². The van der Waals surface area contributed by atoms with Crippen LogP contribution in [0.2, 0.25) is 0 Å². The number of rotatable bonds is 6. The second-order valence-corrected chi connectivity index (χ2v) is 11.8. The van der Waals surface area contributed by atoms with Gasteiger partial charge in [-0.3, -0.25) is 4.79 Å². The number of sulfonamides is 1. The number of halogens is 3. The molecule has 1 amide bonds. The lowest BCUT2D eigenvalue weighted by molar-refractivity contribution is -0.141. The monoisotopic (exact) mass is 542 g/mol. The van der Waals surface area contributed by atoms with E-state index in [4.69, 9.17) is 4.42 Å². The molecule has 10 nitrogen and oxygen atoms in total. The first-order valence-electron chi connectivity index (χ1n) is 12.5. The van der Waals surface area contributed by atoms with Crippen LogP contribution in [-0.2, 0) is 16.2 Å². The van der Waals surface area contributed by atoms with Crippen LogP contribution in [0, 0.1) is 0 Å². The fraction of sp³-hybridized carbons (Fsp3) is 0.609. The zero-order chi connectivity index (χ0) is 26.2. The van der Waals surface area contributed by atoms with Crippen LogP contribution < -0.4 is 15.1 Å². The summed E-state index contributed by atoms with van der Waals surface area (Å²) in [6, 6.07) is 2.98. The predicted octanol–water partition coefficient (Wildman–Crippen LogP) is 3.34. The van der Waals surface area contributed by atoms with Crippen LogP contribution >= 0.6 is 0 Å². The van der Waals surface area contributed by atoms with E-state index < -0.39 is 33.6 Å². The molecule has 1 N–H and O–H groups in total. The quantitative estimate of drug-likeness (QED) is 0.592. The fourth-order valence-corrected chi connectivity index (χ4v) is 6.54. The van der Waals surface area contributed by atoms with Crippen molar-refractivity contribution in [3.05, 3.63) is 29.8 Å². The van der Waals surface area contributed by atoms with E-state index >= 15 is 0 Å². The number of alkyl halides is 3. The summed E-state index contributed by atoms with van der Waals surface area (Å²) in [4.78, 5) is 24.2. The van der Waals surface area contributed by atoms with Gasteiger partial charge in [0, 0.05) is 39.3 Å². The predicted molar refractivity (Wildman–Crippen MR) is 130 cm³/mol. The van der Waals surface area contributed by atoms with Crippen molar-refractivity contribution < 1.29 is 30.8 Å². The first-order chi connectivity index (χ1) is 17.6. The molecule has 4 heterocycles. The number of piperidine rings is 1. The molecule has 1 saturated carbocycles. The summed E-state index contributed by atoms with van der Waals surface area (Å²) in [7, 11) is -3.24. The maximum atomic E-state index is 13.6. The molecule has 0 radical (unpaired) electrons. The Morgan fingerprint density at radius 3 is 2.35 bits per heavy atom. The third-order valence-corrected chi connectivity index (χ3v) is 9.21. The molecular weight excluding hydrogens is 513 g/mol. The Morgan fingerprint density at radius 1 is 0.973 bits per heavy atom. The summed E-state index contributed by atoms with van der Waals surface area (Å²) in [6.07, 6.45) is 1.20. The molecule has 2 aromatic rings. The Balaban J connectivity index is 1.25. The van der Waals surface area contributed by atoms with E-state index in [0.717, 1.165) is 32.1 Å². The van der Waals surface area contributed by atoms with Gasteiger partial charge in [-0.15, -0.1) is 0 Å². The average molecular weight is 543 g/mol. The lowest BCUT2D eigenvalue weighted by atomic mass is 10.1. The normalized spacial score (nSPS) is 20.1. The molecule has 0 spiro atoms. The van der Waals surface area contributed by atoms with Crippen molar-refractivity contribution in [2.24, 2.45) is 0 Å². The molecule has 0 atom stereocenters. The van der Waals surface area contributed by atoms with Crippen LogP contribution in [0.1, 0.15) is 54.8 Å². The Hall–Kier alpha value is -2.87. The van der Waals surface area contributed by atoms with E-state index in [2.05, 4.69) is 15.3 Å². The molecule has 0 unspecified atom stereocenters. The summed E-state index contributed by atoms with van der Waals surface area (Å²) < 4.78 is 72.7. The van der Waals surface area contributed by atoms with Gasteiger partial charge in [-0.25, -0.2) is 13.4 Å². The first kappa shape index (κ1) is 25.8. The third kappa shape index (κ3) is 5.69. The van der Waals surface area contributed by atoms with Gasteiger partial charge >= 0.3 is 6.18 Å². The molecule has 14 heteroatoms. The van der Waals surface area contributed by atoms with Gasteiger partial charge in [0.25, 0.3) is 11.9 Å². The zero-order valence-electron chi connectivity index (χ0n) is 20.2. The highest BCUT2D eigenvalue weighted by Gasteiger charge is 2.42. The molecule has 0 aromatic carbocycles. The number of carbonyl (C=O) groups excluding carboxylic acids is 1. The van der Waals surface area contributed by atoms with Crippen molar-refractivity contribution >= 4 is 33.5 Å². The van der Waals surface area contributed by atoms with Gasteiger partial charge in [0.1, 0.15) is 5.82 Å². The number of oxazole rings is 1. The minimum Gasteiger partial charge on any atom is -0.417 e. The van der Waals surface area contributed by atoms with Gasteiger partial charge in [0.2, 0.25) is 15.8 Å². The highest BCUT2D eigenvalue weighted by molar-refractivity contribution is 7.90. The molecule has 2 saturated heterocycles. The number of nitrogens with zero attached hydrogens (tertiary/aromatic N) is 5. The maximum Gasteiger partial charge on any atom is 0.437 e. The highest BCUT2D eigenvalue weighted by Crippen LogP contribution is 2.35. The lowest BCUT2D eigenvalue weighted by Gasteiger charge is -2.24. The third-order valence-electron chi connectivity index (χ3n) is 6.81. The molecule has 2 aliphatic heterocycles. The van der Waals surface area contributed by atoms with Crippen LogP contribution in [0.3, 0.4) is 0 Å². The Labute approximate surface area is 212 Å². The Morgan fingerprint density at radius 2 is 1.70 bits per heavy atom. The van der Waals surface area contributed by atoms with E-state index in [-0.39, 0.29) is 17.0 Å². The second-order valence-electron chi connectivity index (χ2n) is 9.56. The summed E-state index contributed by atoms with van der Waals surface area (Å²) in [5, 5.41) is 2.16. The minimum absolute atomic E-state index is 0.200. The van der Waals surface area contributed by atoms with Crippen LogP contribution in [0.15, 0.2) is 22.7 Å². The number of hydrogen-bond acceptors (Lipinski definition) is 8. The van der Waals surface area contributed by atoms with Crippen LogP contribution in [0.5, 0.6) is 0 Å². The van der Waals surface area contributed by atoms with Crippen molar-refractivity contribution in [3.63, 3.8) is 0 Å². The van der Waals surface area contributed by atoms with Gasteiger partial charge < -0.3 is 19.5 Å². The second kappa shape index (κ2) is 10.1. The average Bonchev–Trinajstić information content (AvgIpc) is 3.67. The smallest absolute Gasteiger partial charge is 0.417 e. The van der Waals surface area contributed by atoms with Crippen molar-refractivity contribution in [1.29, 1.82) is 0 Å². The van der Waals surface area contributed by atoms with Gasteiger partial charge in [-0.05, 0) is 50.7 Å². The van der Waals surface area contributed by atoms with E-state index in [1.165, 1.54) is 6.20 Å². The number of anilines is 3. The number of carbonyl (C=O) groups is 1. The molecule has 37 heavy (non-hydrogen) atoms. The van der Waals surface area contributed by atoms with Crippen LogP contribution in [0.4, 0.5) is 30.7 Å². The molecule has 202 valence electrons. The van der Waals surface area contributed by atoms with Gasteiger partial charge in [0.15, 0.2) is 5.69 Å². The van der Waals surface area contributed by atoms with Crippen molar-refractivity contribution in [2.45, 2.75) is 50.0 Å². The summed E-state index contributed by atoms with van der Waals surface area (Å²) in [5.74, 6) is -1.36. The maximum absolute atomic E-state index is 13.6. The number of aromatic nitrogens is 2. The summed E-state index contributed by atoms with van der Waals surface area (Å²) in [5.41, 5.74) is -1.16. The van der Waals surface area contributed by atoms with Crippen LogP contribution in [-0.4, -0.2) is 73.1 Å². The molecule has 1 aliphatic carbocycles. The number of hydrogen-bond donors (Lipinski definition) is 1. The van der Waals surface area contributed by atoms with Gasteiger partial charge in [0.05, 0.1) is 17.1 Å². The molecule has 3 aliphatic rings. The number of pyridine rings is 1. The molecular formula is C23H29F3N6O4S. The molecule has 2 aromatic heterocycles. The topological polar surface area (TPSA) is 112 Å². The van der Waals surface area contributed by atoms with Crippen molar-refractivity contribution in [1.82, 2.24) is 14.3 Å². The summed E-state index contributed by atoms with van der Waals surface area (Å²) >= 11 is 0. The van der Waals surface area contributed by atoms with E-state index in [1.54, 1.807) is 21.3 Å². The highest BCUT2D eigenvalue weighted by atomic mass is 32.2. The molecule has 3 fully saturated rings. The number of nitrogens with one attached hydrogen (secondary N) is 1. The molecule has 5 rings (SSSR count). The largest absolute Gasteiger partial charge is 0.437 e. The van der Waals surface area contributed by atoms with Crippen molar-refractivity contribution in [3.8, 4) is 0 Å². The van der Waals surface area contributed by atoms with Gasteiger partial charge in [-0.2, -0.15) is 22.5 Å². The van der Waals surface area contributed by atoms with Crippen LogP contribution in [0.25, 0.3) is 0 Å². The van der Waals surface area contributed by atoms with Crippen molar-refractivity contribution in [2.75, 3.05) is 54.4 Å². The fourth-order valence-electron chi connectivity index (χ4n) is 4.66. The Kier molecular flexibility index (Phi) is 7.05. The van der Waals surface area contributed by atoms with Gasteiger partial charge in [-0.1, -0.05) is 0 Å². The standard InChI is InChI=1S/C23H29F3N6O4S/c24-23(25,26)20-19(36-22(29-20)31-9-2-1-3-10-31)21(33)28-16-5-8-18(27-15-16)30-11-4-12-32(14-13-30)37(34,35)17-6-7-17/h5,8,15,17H,1-4,6-7,9-14H2,(H,28,33). The summed E-state index contributed by atoms with van der Waals surface area (Å²) in [6.45, 7) is 2.94. The van der Waals surface area contributed by atoms with E-state index in [9.17, 15) is 26.4 Å². The Bertz CT molecular complexity index is 1220. The van der Waals surface area contributed by atoms with E-state index in [1.807, 2.05) is 4.90 Å². The lowest BCUT2D eigenvalue weighted by Crippen LogP contribution is -2.37. The minimum atomic E-state index is -4.85. The SMILES string of the molecule is O=C(Nc1ccc(N2CCCN(S(=O)(=O)C3CC3)CC2)nc1)c1oc(N2CCCCC2)nc1C(F)(F)F.